The van der Waals surface area contributed by atoms with Crippen LogP contribution in [0.3, 0.4) is 0 Å². The first-order valence-corrected chi connectivity index (χ1v) is 26.6. The van der Waals surface area contributed by atoms with E-state index in [1.54, 1.807) is 154 Å². The molecule has 1 aromatic rings. The molecular formula is C45H73ClOP2Ru. The number of halogens is 1. The molecule has 1 aromatic carbocycles. The number of benzene rings is 1. The Morgan fingerprint density at radius 1 is 0.440 bits per heavy atom. The molecule has 0 atom stereocenters. The molecule has 0 aromatic heterocycles. The zero-order chi connectivity index (χ0) is 35.7. The zero-order valence-corrected chi connectivity index (χ0v) is 36.1. The van der Waals surface area contributed by atoms with Gasteiger partial charge >= 0.3 is 38.3 Å². The fourth-order valence-corrected chi connectivity index (χ4v) is 20.0. The van der Waals surface area contributed by atoms with Crippen LogP contribution in [0, 0.1) is 12.7 Å². The molecule has 284 valence electrons. The molecule has 0 bridgehead atoms. The summed E-state index contributed by atoms with van der Waals surface area (Å²) in [7, 11) is 5.34. The van der Waals surface area contributed by atoms with Crippen molar-refractivity contribution in [3.63, 3.8) is 0 Å². The normalized spacial score (nSPS) is 23.5. The van der Waals surface area contributed by atoms with Crippen molar-refractivity contribution in [2.75, 3.05) is 0 Å². The van der Waals surface area contributed by atoms with E-state index in [2.05, 4.69) is 29.0 Å². The van der Waals surface area contributed by atoms with Gasteiger partial charge in [0.1, 0.15) is 0 Å². The predicted octanol–water partition coefficient (Wildman–Crippen LogP) is 15.6. The molecule has 0 amide bonds. The fourth-order valence-electron chi connectivity index (χ4n) is 10.6. The monoisotopic (exact) mass is 828 g/mol. The third kappa shape index (κ3) is 16.1. The molecule has 1 nitrogen and oxygen atoms in total. The van der Waals surface area contributed by atoms with Gasteiger partial charge in [-0.15, -0.1) is 12.1 Å². The molecule has 0 N–H and O–H groups in total. The first-order chi connectivity index (χ1) is 24.8. The van der Waals surface area contributed by atoms with E-state index in [0.29, 0.717) is 15.8 Å². The Morgan fingerprint density at radius 2 is 0.640 bits per heavy atom. The fraction of sp³-hybridized carbons (Fsp3) is 0.800. The van der Waals surface area contributed by atoms with E-state index in [4.69, 9.17) is 4.65 Å². The van der Waals surface area contributed by atoms with E-state index in [9.17, 15) is 0 Å². The Hall–Kier alpha value is 0.473. The summed E-state index contributed by atoms with van der Waals surface area (Å²) in [6, 6.07) is 9.84. The number of hydrogen-bond donors (Lipinski definition) is 0. The quantitative estimate of drug-likeness (QED) is 0.113. The van der Waals surface area contributed by atoms with Crippen molar-refractivity contribution < 1.29 is 22.0 Å². The van der Waals surface area contributed by atoms with Crippen LogP contribution in [-0.2, 0) is 22.0 Å². The molecule has 0 radical (unpaired) electrons. The topological polar surface area (TPSA) is 19.9 Å². The molecule has 0 aliphatic heterocycles. The van der Waals surface area contributed by atoms with E-state index in [1.165, 1.54) is 72.5 Å². The van der Waals surface area contributed by atoms with Crippen LogP contribution in [0.4, 0.5) is 0 Å². The van der Waals surface area contributed by atoms with Gasteiger partial charge in [-0.25, -0.2) is 0 Å². The van der Waals surface area contributed by atoms with E-state index in [-0.39, 0.29) is 0 Å². The minimum absolute atomic E-state index is 0.385. The molecule has 6 saturated carbocycles. The van der Waals surface area contributed by atoms with Crippen molar-refractivity contribution in [2.24, 2.45) is 0 Å². The van der Waals surface area contributed by atoms with Gasteiger partial charge < -0.3 is 0 Å². The van der Waals surface area contributed by atoms with Crippen LogP contribution >= 0.6 is 25.5 Å². The Kier molecular flexibility index (Phi) is 25.9. The third-order valence-electron chi connectivity index (χ3n) is 13.0. The first-order valence-electron chi connectivity index (χ1n) is 21.3. The minimum atomic E-state index is 0.385. The SMILES string of the molecule is C1CCC(P(C2CCCCC2)C2CCCCC2)CC1.C1CCC(P(C2CCCCC2)C2CCCCC2)CC1.C=[C-]c1ccccc1.[C-]#[O+].[Cl][Ru+]. The second-order valence-electron chi connectivity index (χ2n) is 16.2. The van der Waals surface area contributed by atoms with Gasteiger partial charge in [-0.05, 0) is 111 Å². The molecule has 50 heavy (non-hydrogen) atoms. The van der Waals surface area contributed by atoms with Gasteiger partial charge in [0.2, 0.25) is 0 Å². The van der Waals surface area contributed by atoms with Crippen molar-refractivity contribution >= 4 is 25.5 Å². The van der Waals surface area contributed by atoms with Crippen LogP contribution in [0.1, 0.15) is 198 Å². The van der Waals surface area contributed by atoms with Crippen LogP contribution in [0.2, 0.25) is 0 Å². The standard InChI is InChI=1S/2C18H33P.C8H7.CO.ClH.Ru/c2*1-4-10-16(11-5-1)19(17-12-6-2-7-13-17)18-14-8-3-9-15-18;1-2-8-6-4-3-5-7-8;1-2;;/h2*16-18H,1-15H2;3-7H,1H2;;1H;/q;;-1;;;+2/p-1. The van der Waals surface area contributed by atoms with Crippen molar-refractivity contribution in [1.82, 2.24) is 0 Å². The van der Waals surface area contributed by atoms with Gasteiger partial charge in [-0.2, -0.15) is 30.4 Å². The molecule has 0 spiro atoms. The van der Waals surface area contributed by atoms with Gasteiger partial charge in [-0.3, -0.25) is 0 Å². The molecule has 6 fully saturated rings. The molecule has 0 heterocycles. The first kappa shape index (κ1) is 44.9. The molecule has 5 heteroatoms. The summed E-state index contributed by atoms with van der Waals surface area (Å²) in [5.41, 5.74) is 8.19. The van der Waals surface area contributed by atoms with Gasteiger partial charge in [0.05, 0.1) is 0 Å². The second-order valence-corrected chi connectivity index (χ2v) is 22.4. The Morgan fingerprint density at radius 3 is 0.800 bits per heavy atom. The molecule has 6 aliphatic rings. The van der Waals surface area contributed by atoms with Crippen LogP contribution < -0.4 is 0 Å². The van der Waals surface area contributed by atoms with E-state index in [1.807, 2.05) is 47.6 Å². The van der Waals surface area contributed by atoms with Crippen LogP contribution in [0.5, 0.6) is 0 Å². The molecule has 0 unspecified atom stereocenters. The van der Waals surface area contributed by atoms with Crippen molar-refractivity contribution in [1.29, 1.82) is 0 Å². The molecular weight excluding hydrogens is 755 g/mol. The Bertz CT molecular complexity index is 814. The second kappa shape index (κ2) is 28.9. The summed E-state index contributed by atoms with van der Waals surface area (Å²) in [6.45, 7) is 8.01. The summed E-state index contributed by atoms with van der Waals surface area (Å²) < 4.78 is 7.50. The molecule has 6 aliphatic carbocycles. The van der Waals surface area contributed by atoms with E-state index in [0.717, 1.165) is 5.56 Å². The molecule has 7 rings (SSSR count). The summed E-state index contributed by atoms with van der Waals surface area (Å²) >= 11 is 1.82. The van der Waals surface area contributed by atoms with Crippen molar-refractivity contribution in [3.8, 4) is 0 Å². The summed E-state index contributed by atoms with van der Waals surface area (Å²) in [5, 5.41) is 0. The van der Waals surface area contributed by atoms with Gasteiger partial charge in [0.25, 0.3) is 0 Å². The van der Waals surface area contributed by atoms with E-state index >= 15 is 0 Å². The summed E-state index contributed by atoms with van der Waals surface area (Å²) in [5.74, 6) is 0. The van der Waals surface area contributed by atoms with Crippen molar-refractivity contribution in [2.45, 2.75) is 227 Å². The average Bonchev–Trinajstić information content (AvgIpc) is 3.23. The number of hydrogen-bond acceptors (Lipinski definition) is 0. The summed E-state index contributed by atoms with van der Waals surface area (Å²) in [6.07, 6.45) is 50.0. The van der Waals surface area contributed by atoms with Gasteiger partial charge in [0, 0.05) is 0 Å². The maximum absolute atomic E-state index is 7.50. The van der Waals surface area contributed by atoms with E-state index < -0.39 is 0 Å². The predicted molar refractivity (Wildman–Crippen MR) is 219 cm³/mol. The average molecular weight is 829 g/mol. The van der Waals surface area contributed by atoms with Gasteiger partial charge in [-0.1, -0.05) is 137 Å². The number of rotatable bonds is 7. The zero-order valence-electron chi connectivity index (χ0n) is 31.8. The third-order valence-corrected chi connectivity index (χ3v) is 21.1. The Labute approximate surface area is 327 Å². The van der Waals surface area contributed by atoms with Crippen LogP contribution in [0.15, 0.2) is 36.9 Å². The molecule has 0 saturated heterocycles. The summed E-state index contributed by atoms with van der Waals surface area (Å²) in [4.78, 5) is 0. The van der Waals surface area contributed by atoms with Crippen LogP contribution in [0.25, 0.3) is 0 Å². The maximum atomic E-state index is 7.50. The Balaban J connectivity index is 0.000000206. The van der Waals surface area contributed by atoms with Gasteiger partial charge in [0.15, 0.2) is 0 Å². The van der Waals surface area contributed by atoms with Crippen LogP contribution in [-0.4, -0.2) is 34.0 Å². The van der Waals surface area contributed by atoms with Crippen molar-refractivity contribution in [3.05, 3.63) is 55.2 Å².